The van der Waals surface area contributed by atoms with Crippen molar-refractivity contribution in [1.29, 1.82) is 0 Å². The van der Waals surface area contributed by atoms with E-state index in [0.29, 0.717) is 30.2 Å². The van der Waals surface area contributed by atoms with Crippen LogP contribution in [0.3, 0.4) is 0 Å². The van der Waals surface area contributed by atoms with Crippen LogP contribution in [0.1, 0.15) is 22.5 Å². The molecule has 0 atom stereocenters. The predicted molar refractivity (Wildman–Crippen MR) is 128 cm³/mol. The highest BCUT2D eigenvalue weighted by molar-refractivity contribution is 5.79. The summed E-state index contributed by atoms with van der Waals surface area (Å²) in [6.07, 6.45) is 0.291. The van der Waals surface area contributed by atoms with Gasteiger partial charge in [-0.15, -0.1) is 0 Å². The fourth-order valence-corrected chi connectivity index (χ4v) is 3.68. The molecule has 0 radical (unpaired) electrons. The average molecular weight is 442 g/mol. The summed E-state index contributed by atoms with van der Waals surface area (Å²) >= 11 is 0. The van der Waals surface area contributed by atoms with Crippen LogP contribution in [0.4, 0.5) is 0 Å². The van der Waals surface area contributed by atoms with Gasteiger partial charge in [0.1, 0.15) is 5.75 Å². The average Bonchev–Trinajstić information content (AvgIpc) is 3.13. The van der Waals surface area contributed by atoms with Crippen LogP contribution in [0, 0.1) is 13.8 Å². The maximum atomic E-state index is 12.6. The number of carbonyl (C=O) groups is 1. The molecule has 3 aromatic carbocycles. The summed E-state index contributed by atoms with van der Waals surface area (Å²) in [7, 11) is 1.61. The standard InChI is InChI=1S/C27H27N3O3/c1-19-24(20(2)30(29-19)22-9-5-4-6-10-22)17-27(31)28-18-21-13-15-23(16-14-21)33-26-12-8-7-11-25(26)32-3/h4-16H,17-18H2,1-3H3,(H,28,31). The lowest BCUT2D eigenvalue weighted by atomic mass is 10.1. The minimum absolute atomic E-state index is 0.0387. The van der Waals surface area contributed by atoms with E-state index in [-0.39, 0.29) is 5.91 Å². The van der Waals surface area contributed by atoms with Gasteiger partial charge in [-0.25, -0.2) is 4.68 Å². The van der Waals surface area contributed by atoms with Crippen molar-refractivity contribution < 1.29 is 14.3 Å². The van der Waals surface area contributed by atoms with Gasteiger partial charge < -0.3 is 14.8 Å². The van der Waals surface area contributed by atoms with Gasteiger partial charge in [-0.05, 0) is 55.8 Å². The van der Waals surface area contributed by atoms with Crippen molar-refractivity contribution >= 4 is 5.91 Å². The van der Waals surface area contributed by atoms with E-state index in [0.717, 1.165) is 28.2 Å². The Morgan fingerprint density at radius 3 is 2.27 bits per heavy atom. The third kappa shape index (κ3) is 5.23. The van der Waals surface area contributed by atoms with Crippen LogP contribution < -0.4 is 14.8 Å². The largest absolute Gasteiger partial charge is 0.493 e. The summed E-state index contributed by atoms with van der Waals surface area (Å²) in [4.78, 5) is 12.6. The molecule has 1 N–H and O–H groups in total. The molecule has 0 spiro atoms. The first-order valence-corrected chi connectivity index (χ1v) is 10.8. The number of ether oxygens (including phenoxy) is 2. The van der Waals surface area contributed by atoms with Gasteiger partial charge in [-0.1, -0.05) is 42.5 Å². The van der Waals surface area contributed by atoms with E-state index in [9.17, 15) is 4.79 Å². The number of hydrogen-bond acceptors (Lipinski definition) is 4. The molecular formula is C27H27N3O3. The Kier molecular flexibility index (Phi) is 6.74. The lowest BCUT2D eigenvalue weighted by molar-refractivity contribution is -0.120. The van der Waals surface area contributed by atoms with Gasteiger partial charge in [-0.3, -0.25) is 4.79 Å². The first-order chi connectivity index (χ1) is 16.0. The van der Waals surface area contributed by atoms with Gasteiger partial charge in [-0.2, -0.15) is 5.10 Å². The number of aryl methyl sites for hydroxylation is 1. The fraction of sp³-hybridized carbons (Fsp3) is 0.185. The van der Waals surface area contributed by atoms with Crippen molar-refractivity contribution in [3.05, 3.63) is 101 Å². The maximum Gasteiger partial charge on any atom is 0.224 e. The number of aromatic nitrogens is 2. The third-order valence-corrected chi connectivity index (χ3v) is 5.49. The van der Waals surface area contributed by atoms with Crippen LogP contribution in [0.5, 0.6) is 17.2 Å². The van der Waals surface area contributed by atoms with Gasteiger partial charge >= 0.3 is 0 Å². The zero-order chi connectivity index (χ0) is 23.2. The van der Waals surface area contributed by atoms with E-state index >= 15 is 0 Å². The molecule has 1 aromatic heterocycles. The Bertz CT molecular complexity index is 1230. The topological polar surface area (TPSA) is 65.4 Å². The highest BCUT2D eigenvalue weighted by Crippen LogP contribution is 2.30. The molecule has 0 saturated heterocycles. The second-order valence-corrected chi connectivity index (χ2v) is 7.75. The molecule has 0 aliphatic heterocycles. The first-order valence-electron chi connectivity index (χ1n) is 10.8. The highest BCUT2D eigenvalue weighted by atomic mass is 16.5. The second-order valence-electron chi connectivity index (χ2n) is 7.75. The highest BCUT2D eigenvalue weighted by Gasteiger charge is 2.16. The van der Waals surface area contributed by atoms with Crippen LogP contribution in [-0.2, 0) is 17.8 Å². The summed E-state index contributed by atoms with van der Waals surface area (Å²) in [6, 6.07) is 25.1. The van der Waals surface area contributed by atoms with E-state index in [1.54, 1.807) is 7.11 Å². The van der Waals surface area contributed by atoms with Crippen molar-refractivity contribution in [2.75, 3.05) is 7.11 Å². The molecule has 1 heterocycles. The van der Waals surface area contributed by atoms with Crippen LogP contribution in [-0.4, -0.2) is 22.8 Å². The van der Waals surface area contributed by atoms with Crippen LogP contribution >= 0.6 is 0 Å². The Morgan fingerprint density at radius 1 is 0.909 bits per heavy atom. The van der Waals surface area contributed by atoms with Gasteiger partial charge in [0, 0.05) is 17.8 Å². The van der Waals surface area contributed by atoms with Crippen molar-refractivity contribution in [2.45, 2.75) is 26.8 Å². The number of rotatable bonds is 8. The molecule has 0 fully saturated rings. The van der Waals surface area contributed by atoms with E-state index < -0.39 is 0 Å². The summed E-state index contributed by atoms with van der Waals surface area (Å²) < 4.78 is 13.1. The summed E-state index contributed by atoms with van der Waals surface area (Å²) in [6.45, 7) is 4.38. The van der Waals surface area contributed by atoms with Gasteiger partial charge in [0.2, 0.25) is 5.91 Å². The SMILES string of the molecule is COc1ccccc1Oc1ccc(CNC(=O)Cc2c(C)nn(-c3ccccc3)c2C)cc1. The minimum atomic E-state index is -0.0387. The lowest BCUT2D eigenvalue weighted by Gasteiger charge is -2.11. The zero-order valence-corrected chi connectivity index (χ0v) is 19.0. The summed E-state index contributed by atoms with van der Waals surface area (Å²) in [5.74, 6) is 2.00. The quantitative estimate of drug-likeness (QED) is 0.411. The molecule has 0 bridgehead atoms. The number of nitrogens with one attached hydrogen (secondary N) is 1. The van der Waals surface area contributed by atoms with E-state index in [4.69, 9.17) is 9.47 Å². The second kappa shape index (κ2) is 10.0. The number of amides is 1. The van der Waals surface area contributed by atoms with Crippen molar-refractivity contribution in [1.82, 2.24) is 15.1 Å². The Balaban J connectivity index is 1.35. The minimum Gasteiger partial charge on any atom is -0.493 e. The predicted octanol–water partition coefficient (Wildman–Crippen LogP) is 5.15. The summed E-state index contributed by atoms with van der Waals surface area (Å²) in [5, 5.41) is 7.62. The number of nitrogens with zero attached hydrogens (tertiary/aromatic N) is 2. The molecule has 4 aromatic rings. The molecule has 1 amide bonds. The Morgan fingerprint density at radius 2 is 1.58 bits per heavy atom. The smallest absolute Gasteiger partial charge is 0.224 e. The molecule has 168 valence electrons. The number of methoxy groups -OCH3 is 1. The molecule has 0 aliphatic carbocycles. The molecule has 0 saturated carbocycles. The lowest BCUT2D eigenvalue weighted by Crippen LogP contribution is -2.25. The maximum absolute atomic E-state index is 12.6. The number of benzene rings is 3. The Hall–Kier alpha value is -4.06. The number of para-hydroxylation sites is 3. The first kappa shape index (κ1) is 22.1. The van der Waals surface area contributed by atoms with Crippen LogP contribution in [0.15, 0.2) is 78.9 Å². The molecule has 0 aliphatic rings. The number of carbonyl (C=O) groups excluding carboxylic acids is 1. The van der Waals surface area contributed by atoms with Crippen LogP contribution in [0.25, 0.3) is 5.69 Å². The number of hydrogen-bond donors (Lipinski definition) is 1. The van der Waals surface area contributed by atoms with Gasteiger partial charge in [0.05, 0.1) is 24.9 Å². The van der Waals surface area contributed by atoms with E-state index in [2.05, 4.69) is 10.4 Å². The van der Waals surface area contributed by atoms with Crippen molar-refractivity contribution in [3.63, 3.8) is 0 Å². The summed E-state index contributed by atoms with van der Waals surface area (Å²) in [5.41, 5.74) is 4.78. The van der Waals surface area contributed by atoms with Crippen LogP contribution in [0.2, 0.25) is 0 Å². The molecule has 6 heteroatoms. The van der Waals surface area contributed by atoms with E-state index in [1.807, 2.05) is 97.4 Å². The Labute approximate surface area is 193 Å². The van der Waals surface area contributed by atoms with Crippen molar-refractivity contribution in [3.8, 4) is 22.9 Å². The van der Waals surface area contributed by atoms with Gasteiger partial charge in [0.15, 0.2) is 11.5 Å². The fourth-order valence-electron chi connectivity index (χ4n) is 3.68. The monoisotopic (exact) mass is 441 g/mol. The molecule has 0 unspecified atom stereocenters. The molecule has 33 heavy (non-hydrogen) atoms. The van der Waals surface area contributed by atoms with E-state index in [1.165, 1.54) is 0 Å². The van der Waals surface area contributed by atoms with Crippen molar-refractivity contribution in [2.24, 2.45) is 0 Å². The zero-order valence-electron chi connectivity index (χ0n) is 19.0. The third-order valence-electron chi connectivity index (χ3n) is 5.49. The van der Waals surface area contributed by atoms with Gasteiger partial charge in [0.25, 0.3) is 0 Å². The molecule has 4 rings (SSSR count). The normalized spacial score (nSPS) is 10.6. The molecular weight excluding hydrogens is 414 g/mol. The molecule has 6 nitrogen and oxygen atoms in total.